The summed E-state index contributed by atoms with van der Waals surface area (Å²) < 4.78 is 26.7. The number of hydrogen-bond donors (Lipinski definition) is 1. The Morgan fingerprint density at radius 1 is 1.41 bits per heavy atom. The predicted octanol–water partition coefficient (Wildman–Crippen LogP) is 0.370. The van der Waals surface area contributed by atoms with Crippen LogP contribution in [0, 0.1) is 5.92 Å². The first-order chi connectivity index (χ1) is 7.87. The zero-order valence-electron chi connectivity index (χ0n) is 10.3. The molecule has 100 valence electrons. The van der Waals surface area contributed by atoms with Crippen LogP contribution >= 0.6 is 0 Å². The van der Waals surface area contributed by atoms with Crippen molar-refractivity contribution in [1.82, 2.24) is 8.61 Å². The summed E-state index contributed by atoms with van der Waals surface area (Å²) in [7, 11) is -2.07. The third-order valence-corrected chi connectivity index (χ3v) is 4.90. The smallest absolute Gasteiger partial charge is 0.304 e. The van der Waals surface area contributed by atoms with E-state index in [-0.39, 0.29) is 13.0 Å². The molecule has 0 aromatic rings. The first-order valence-electron chi connectivity index (χ1n) is 5.81. The molecule has 0 aliphatic heterocycles. The monoisotopic (exact) mass is 264 g/mol. The van der Waals surface area contributed by atoms with Crippen LogP contribution in [0.4, 0.5) is 0 Å². The highest BCUT2D eigenvalue weighted by molar-refractivity contribution is 7.86. The van der Waals surface area contributed by atoms with Crippen molar-refractivity contribution in [2.75, 3.05) is 26.7 Å². The minimum Gasteiger partial charge on any atom is -0.481 e. The van der Waals surface area contributed by atoms with E-state index in [0.29, 0.717) is 19.0 Å². The average molecular weight is 264 g/mol. The maximum Gasteiger partial charge on any atom is 0.304 e. The second-order valence-corrected chi connectivity index (χ2v) is 6.40. The first-order valence-corrected chi connectivity index (χ1v) is 7.20. The topological polar surface area (TPSA) is 77.9 Å². The van der Waals surface area contributed by atoms with Crippen molar-refractivity contribution in [2.24, 2.45) is 5.92 Å². The second-order valence-electron chi connectivity index (χ2n) is 4.37. The highest BCUT2D eigenvalue weighted by Gasteiger charge is 2.31. The zero-order valence-corrected chi connectivity index (χ0v) is 11.1. The van der Waals surface area contributed by atoms with Gasteiger partial charge in [-0.15, -0.1) is 0 Å². The molecule has 1 aliphatic carbocycles. The molecule has 1 rings (SSSR count). The summed E-state index contributed by atoms with van der Waals surface area (Å²) in [6.45, 7) is 2.79. The molecule has 0 atom stereocenters. The quantitative estimate of drug-likeness (QED) is 0.687. The molecule has 0 spiro atoms. The van der Waals surface area contributed by atoms with E-state index in [1.807, 2.05) is 0 Å². The van der Waals surface area contributed by atoms with E-state index >= 15 is 0 Å². The number of carboxylic acid groups (broad SMARTS) is 1. The van der Waals surface area contributed by atoms with Crippen molar-refractivity contribution < 1.29 is 18.3 Å². The van der Waals surface area contributed by atoms with Crippen molar-refractivity contribution in [3.8, 4) is 0 Å². The Balaban J connectivity index is 2.58. The number of nitrogens with zero attached hydrogens (tertiary/aromatic N) is 2. The van der Waals surface area contributed by atoms with E-state index in [1.165, 1.54) is 11.4 Å². The predicted molar refractivity (Wildman–Crippen MR) is 63.8 cm³/mol. The van der Waals surface area contributed by atoms with Crippen molar-refractivity contribution in [2.45, 2.75) is 26.2 Å². The van der Waals surface area contributed by atoms with E-state index in [1.54, 1.807) is 6.92 Å². The molecule has 1 aliphatic rings. The molecule has 0 heterocycles. The molecule has 17 heavy (non-hydrogen) atoms. The lowest BCUT2D eigenvalue weighted by molar-refractivity contribution is -0.137. The molecule has 0 saturated heterocycles. The first kappa shape index (κ1) is 14.4. The highest BCUT2D eigenvalue weighted by Crippen LogP contribution is 2.30. The van der Waals surface area contributed by atoms with Gasteiger partial charge in [0.2, 0.25) is 0 Å². The summed E-state index contributed by atoms with van der Waals surface area (Å²) in [5.74, 6) is -0.505. The Morgan fingerprint density at radius 2 is 2.00 bits per heavy atom. The maximum absolute atomic E-state index is 12.1. The number of hydrogen-bond acceptors (Lipinski definition) is 3. The van der Waals surface area contributed by atoms with Gasteiger partial charge in [-0.3, -0.25) is 4.79 Å². The molecule has 0 aromatic heterocycles. The fourth-order valence-corrected chi connectivity index (χ4v) is 2.98. The van der Waals surface area contributed by atoms with E-state index in [4.69, 9.17) is 5.11 Å². The maximum atomic E-state index is 12.1. The van der Waals surface area contributed by atoms with E-state index < -0.39 is 16.2 Å². The summed E-state index contributed by atoms with van der Waals surface area (Å²) in [5, 5.41) is 8.54. The fourth-order valence-electron chi connectivity index (χ4n) is 1.54. The normalized spacial score (nSPS) is 16.7. The second kappa shape index (κ2) is 5.79. The molecule has 6 nitrogen and oxygen atoms in total. The fraction of sp³-hybridized carbons (Fsp3) is 0.900. The van der Waals surface area contributed by atoms with Gasteiger partial charge in [0.1, 0.15) is 0 Å². The van der Waals surface area contributed by atoms with Crippen LogP contribution in [0.5, 0.6) is 0 Å². The molecule has 0 radical (unpaired) electrons. The lowest BCUT2D eigenvalue weighted by Gasteiger charge is -2.26. The molecular formula is C10H20N2O4S. The number of carboxylic acids is 1. The Labute approximate surface area is 102 Å². The lowest BCUT2D eigenvalue weighted by atomic mass is 10.4. The van der Waals surface area contributed by atoms with Gasteiger partial charge in [-0.2, -0.15) is 17.0 Å². The summed E-state index contributed by atoms with van der Waals surface area (Å²) in [5.41, 5.74) is 0. The van der Waals surface area contributed by atoms with Crippen LogP contribution in [-0.2, 0) is 15.0 Å². The lowest BCUT2D eigenvalue weighted by Crippen LogP contribution is -2.43. The summed E-state index contributed by atoms with van der Waals surface area (Å²) >= 11 is 0. The molecule has 7 heteroatoms. The van der Waals surface area contributed by atoms with E-state index in [0.717, 1.165) is 17.1 Å². The van der Waals surface area contributed by atoms with Gasteiger partial charge < -0.3 is 5.11 Å². The van der Waals surface area contributed by atoms with Gasteiger partial charge in [-0.25, -0.2) is 0 Å². The molecular weight excluding hydrogens is 244 g/mol. The van der Waals surface area contributed by atoms with Gasteiger partial charge >= 0.3 is 5.97 Å². The highest BCUT2D eigenvalue weighted by atomic mass is 32.2. The Morgan fingerprint density at radius 3 is 2.41 bits per heavy atom. The minimum absolute atomic E-state index is 0.0127. The molecule has 0 amide bonds. The SMILES string of the molecule is CCN(CC1CC1)S(=O)(=O)N(C)CCC(=O)O. The van der Waals surface area contributed by atoms with Crippen molar-refractivity contribution >= 4 is 16.2 Å². The van der Waals surface area contributed by atoms with Crippen molar-refractivity contribution in [3.05, 3.63) is 0 Å². The van der Waals surface area contributed by atoms with Crippen LogP contribution in [0.3, 0.4) is 0 Å². The third kappa shape index (κ3) is 4.25. The van der Waals surface area contributed by atoms with Crippen LogP contribution in [0.15, 0.2) is 0 Å². The van der Waals surface area contributed by atoms with Crippen molar-refractivity contribution in [1.29, 1.82) is 0 Å². The Kier molecular flexibility index (Phi) is 4.91. The third-order valence-electron chi connectivity index (χ3n) is 2.87. The molecule has 1 N–H and O–H groups in total. The van der Waals surface area contributed by atoms with Crippen LogP contribution in [-0.4, -0.2) is 54.8 Å². The summed E-state index contributed by atoms with van der Waals surface area (Å²) in [6, 6.07) is 0. The number of carbonyl (C=O) groups is 1. The van der Waals surface area contributed by atoms with Gasteiger partial charge in [0.25, 0.3) is 10.2 Å². The van der Waals surface area contributed by atoms with Crippen LogP contribution in [0.1, 0.15) is 26.2 Å². The molecule has 1 saturated carbocycles. The van der Waals surface area contributed by atoms with Crippen LogP contribution in [0.25, 0.3) is 0 Å². The van der Waals surface area contributed by atoms with E-state index in [2.05, 4.69) is 0 Å². The number of aliphatic carboxylic acids is 1. The molecule has 1 fully saturated rings. The van der Waals surface area contributed by atoms with Crippen molar-refractivity contribution in [3.63, 3.8) is 0 Å². The largest absolute Gasteiger partial charge is 0.481 e. The standard InChI is InChI=1S/C10H20N2O4S/c1-3-12(8-9-4-5-9)17(15,16)11(2)7-6-10(13)14/h9H,3-8H2,1-2H3,(H,13,14). The van der Waals surface area contributed by atoms with Crippen LogP contribution in [0.2, 0.25) is 0 Å². The Hall–Kier alpha value is -0.660. The van der Waals surface area contributed by atoms with Gasteiger partial charge in [0.15, 0.2) is 0 Å². The molecule has 0 bridgehead atoms. The summed E-state index contributed by atoms with van der Waals surface area (Å²) in [4.78, 5) is 10.4. The molecule has 0 unspecified atom stereocenters. The van der Waals surface area contributed by atoms with Crippen LogP contribution < -0.4 is 0 Å². The Bertz CT molecular complexity index is 365. The van der Waals surface area contributed by atoms with Gasteiger partial charge in [-0.05, 0) is 18.8 Å². The number of rotatable bonds is 8. The molecule has 0 aromatic carbocycles. The minimum atomic E-state index is -3.50. The van der Waals surface area contributed by atoms with E-state index in [9.17, 15) is 13.2 Å². The van der Waals surface area contributed by atoms with Gasteiger partial charge in [-0.1, -0.05) is 6.92 Å². The summed E-state index contributed by atoms with van der Waals surface area (Å²) in [6.07, 6.45) is 2.01. The zero-order chi connectivity index (χ0) is 13.1. The average Bonchev–Trinajstić information content (AvgIpc) is 3.05. The van der Waals surface area contributed by atoms with Gasteiger partial charge in [0.05, 0.1) is 6.42 Å². The van der Waals surface area contributed by atoms with Gasteiger partial charge in [0, 0.05) is 26.7 Å².